The summed E-state index contributed by atoms with van der Waals surface area (Å²) in [7, 11) is 0. The van der Waals surface area contributed by atoms with E-state index in [1.807, 2.05) is 0 Å². The van der Waals surface area contributed by atoms with Gasteiger partial charge in [0.2, 0.25) is 0 Å². The second kappa shape index (κ2) is 6.39. The fourth-order valence-electron chi connectivity index (χ4n) is 3.83. The summed E-state index contributed by atoms with van der Waals surface area (Å²) in [6.07, 6.45) is 12.6. The lowest BCUT2D eigenvalue weighted by Gasteiger charge is -2.33. The molecule has 2 heteroatoms. The molecule has 1 aliphatic carbocycles. The highest BCUT2D eigenvalue weighted by Gasteiger charge is 2.34. The predicted molar refractivity (Wildman–Crippen MR) is 80.3 cm³/mol. The largest absolute Gasteiger partial charge is 0.303 e. The van der Waals surface area contributed by atoms with Gasteiger partial charge in [-0.05, 0) is 50.6 Å². The zero-order valence-electron chi connectivity index (χ0n) is 12.9. The molecule has 1 aliphatic heterocycles. The van der Waals surface area contributed by atoms with Crippen molar-refractivity contribution in [3.8, 4) is 0 Å². The maximum Gasteiger partial charge on any atom is 0.127 e. The maximum absolute atomic E-state index is 11.7. The smallest absolute Gasteiger partial charge is 0.127 e. The Morgan fingerprint density at radius 2 is 1.58 bits per heavy atom. The Kier molecular flexibility index (Phi) is 5.05. The number of aldehydes is 1. The number of likely N-dealkylation sites (tertiary alicyclic amines) is 1. The van der Waals surface area contributed by atoms with E-state index in [-0.39, 0.29) is 5.41 Å². The van der Waals surface area contributed by atoms with Crippen LogP contribution in [0.15, 0.2) is 0 Å². The lowest BCUT2D eigenvalue weighted by atomic mass is 9.81. The van der Waals surface area contributed by atoms with Crippen LogP contribution in [0.4, 0.5) is 0 Å². The Balaban J connectivity index is 1.95. The van der Waals surface area contributed by atoms with E-state index in [0.717, 1.165) is 19.4 Å². The summed E-state index contributed by atoms with van der Waals surface area (Å²) >= 11 is 0. The molecule has 2 fully saturated rings. The van der Waals surface area contributed by atoms with Gasteiger partial charge in [0.05, 0.1) is 0 Å². The molecule has 1 saturated carbocycles. The molecule has 1 heterocycles. The zero-order valence-corrected chi connectivity index (χ0v) is 12.9. The van der Waals surface area contributed by atoms with Crippen LogP contribution in [-0.2, 0) is 4.79 Å². The van der Waals surface area contributed by atoms with Gasteiger partial charge in [-0.2, -0.15) is 0 Å². The van der Waals surface area contributed by atoms with E-state index < -0.39 is 0 Å². The van der Waals surface area contributed by atoms with Crippen LogP contribution in [0.3, 0.4) is 0 Å². The van der Waals surface area contributed by atoms with Gasteiger partial charge in [-0.3, -0.25) is 0 Å². The van der Waals surface area contributed by atoms with E-state index in [2.05, 4.69) is 18.7 Å². The fourth-order valence-corrected chi connectivity index (χ4v) is 3.83. The van der Waals surface area contributed by atoms with Gasteiger partial charge in [0.1, 0.15) is 6.29 Å². The molecular formula is C17H31NO. The highest BCUT2D eigenvalue weighted by atomic mass is 16.1. The number of nitrogens with zero attached hydrogens (tertiary/aromatic N) is 1. The fraction of sp³-hybridized carbons (Fsp3) is 0.941. The molecule has 0 bridgehead atoms. The van der Waals surface area contributed by atoms with Gasteiger partial charge in [0.25, 0.3) is 0 Å². The van der Waals surface area contributed by atoms with Crippen LogP contribution < -0.4 is 0 Å². The number of hydrogen-bond acceptors (Lipinski definition) is 2. The average molecular weight is 265 g/mol. The summed E-state index contributed by atoms with van der Waals surface area (Å²) in [6.45, 7) is 8.17. The summed E-state index contributed by atoms with van der Waals surface area (Å²) in [5.74, 6) is 0. The summed E-state index contributed by atoms with van der Waals surface area (Å²) in [5, 5.41) is 0. The van der Waals surface area contributed by atoms with Crippen LogP contribution in [0.25, 0.3) is 0 Å². The van der Waals surface area contributed by atoms with Crippen LogP contribution in [0.1, 0.15) is 71.6 Å². The van der Waals surface area contributed by atoms with Gasteiger partial charge in [-0.25, -0.2) is 0 Å². The Labute approximate surface area is 118 Å². The Morgan fingerprint density at radius 3 is 2.21 bits per heavy atom. The van der Waals surface area contributed by atoms with Crippen molar-refractivity contribution in [1.29, 1.82) is 0 Å². The number of carbonyl (C=O) groups is 1. The van der Waals surface area contributed by atoms with E-state index >= 15 is 0 Å². The van der Waals surface area contributed by atoms with Crippen molar-refractivity contribution in [1.82, 2.24) is 4.90 Å². The second-order valence-electron chi connectivity index (χ2n) is 7.69. The van der Waals surface area contributed by atoms with E-state index in [1.54, 1.807) is 0 Å². The molecule has 2 aliphatic rings. The minimum atomic E-state index is -0.0228. The predicted octanol–water partition coefficient (Wildman–Crippen LogP) is 4.04. The Hall–Kier alpha value is -0.370. The Morgan fingerprint density at radius 1 is 0.895 bits per heavy atom. The first-order chi connectivity index (χ1) is 9.05. The lowest BCUT2D eigenvalue weighted by molar-refractivity contribution is -0.118. The van der Waals surface area contributed by atoms with Crippen molar-refractivity contribution in [3.05, 3.63) is 0 Å². The van der Waals surface area contributed by atoms with Crippen LogP contribution >= 0.6 is 0 Å². The first-order valence-corrected chi connectivity index (χ1v) is 8.24. The van der Waals surface area contributed by atoms with Crippen molar-refractivity contribution in [2.24, 2.45) is 10.8 Å². The highest BCUT2D eigenvalue weighted by molar-refractivity contribution is 5.59. The SMILES string of the molecule is CC1(C)CCCN(CC2(C=O)CCCCCC2)CC1. The molecule has 0 amide bonds. The molecule has 0 radical (unpaired) electrons. The van der Waals surface area contributed by atoms with Crippen LogP contribution in [0.5, 0.6) is 0 Å². The van der Waals surface area contributed by atoms with Crippen LogP contribution in [0, 0.1) is 10.8 Å². The molecule has 0 spiro atoms. The van der Waals surface area contributed by atoms with Crippen molar-refractivity contribution in [2.45, 2.75) is 71.6 Å². The molecule has 0 aromatic carbocycles. The zero-order chi connectivity index (χ0) is 13.8. The van der Waals surface area contributed by atoms with Gasteiger partial charge in [-0.15, -0.1) is 0 Å². The molecule has 0 unspecified atom stereocenters. The van der Waals surface area contributed by atoms with Crippen molar-refractivity contribution >= 4 is 6.29 Å². The Bertz CT molecular complexity index is 290. The third kappa shape index (κ3) is 4.30. The molecule has 19 heavy (non-hydrogen) atoms. The van der Waals surface area contributed by atoms with E-state index in [1.165, 1.54) is 64.3 Å². The van der Waals surface area contributed by atoms with Gasteiger partial charge >= 0.3 is 0 Å². The summed E-state index contributed by atoms with van der Waals surface area (Å²) < 4.78 is 0. The normalized spacial score (nSPS) is 28.3. The average Bonchev–Trinajstić information content (AvgIpc) is 2.70. The second-order valence-corrected chi connectivity index (χ2v) is 7.69. The number of rotatable bonds is 3. The van der Waals surface area contributed by atoms with E-state index in [0.29, 0.717) is 5.41 Å². The van der Waals surface area contributed by atoms with Crippen molar-refractivity contribution in [2.75, 3.05) is 19.6 Å². The minimum absolute atomic E-state index is 0.0228. The monoisotopic (exact) mass is 265 g/mol. The first kappa shape index (κ1) is 15.0. The molecule has 0 aromatic rings. The molecular weight excluding hydrogens is 234 g/mol. The van der Waals surface area contributed by atoms with E-state index in [9.17, 15) is 4.79 Å². The number of hydrogen-bond donors (Lipinski definition) is 0. The van der Waals surface area contributed by atoms with Gasteiger partial charge in [0, 0.05) is 12.0 Å². The topological polar surface area (TPSA) is 20.3 Å². The summed E-state index contributed by atoms with van der Waals surface area (Å²) in [5.41, 5.74) is 0.470. The molecule has 0 aromatic heterocycles. The molecule has 0 N–H and O–H groups in total. The van der Waals surface area contributed by atoms with Gasteiger partial charge in [-0.1, -0.05) is 39.5 Å². The van der Waals surface area contributed by atoms with E-state index in [4.69, 9.17) is 0 Å². The van der Waals surface area contributed by atoms with Gasteiger partial charge < -0.3 is 9.69 Å². The van der Waals surface area contributed by atoms with Crippen molar-refractivity contribution < 1.29 is 4.79 Å². The third-order valence-electron chi connectivity index (χ3n) is 5.32. The third-order valence-corrected chi connectivity index (χ3v) is 5.32. The number of carbonyl (C=O) groups excluding carboxylic acids is 1. The van der Waals surface area contributed by atoms with Crippen molar-refractivity contribution in [3.63, 3.8) is 0 Å². The summed E-state index contributed by atoms with van der Waals surface area (Å²) in [6, 6.07) is 0. The quantitative estimate of drug-likeness (QED) is 0.567. The molecule has 0 atom stereocenters. The molecule has 1 saturated heterocycles. The summed E-state index contributed by atoms with van der Waals surface area (Å²) in [4.78, 5) is 14.3. The highest BCUT2D eigenvalue weighted by Crippen LogP contribution is 2.36. The maximum atomic E-state index is 11.7. The lowest BCUT2D eigenvalue weighted by Crippen LogP contribution is -2.39. The van der Waals surface area contributed by atoms with Crippen LogP contribution in [0.2, 0.25) is 0 Å². The molecule has 110 valence electrons. The molecule has 2 nitrogen and oxygen atoms in total. The molecule has 2 rings (SSSR count). The standard InChI is InChI=1S/C17H31NO/c1-16(2)8-7-12-18(13-11-16)14-17(15-19)9-5-3-4-6-10-17/h15H,3-14H2,1-2H3. The first-order valence-electron chi connectivity index (χ1n) is 8.24. The van der Waals surface area contributed by atoms with Gasteiger partial charge in [0.15, 0.2) is 0 Å². The van der Waals surface area contributed by atoms with Crippen LogP contribution in [-0.4, -0.2) is 30.8 Å². The minimum Gasteiger partial charge on any atom is -0.303 e.